The standard InChI is InChI=1S/C9H7O5P/c10-9-6-3-1-2-4-7(6)14-5-8(9)15(11,12)13/h1-5H,(H2,11,12,13). The molecule has 0 aliphatic heterocycles. The Hall–Kier alpha value is -1.42. The second kappa shape index (κ2) is 3.31. The van der Waals surface area contributed by atoms with Crippen molar-refractivity contribution in [2.24, 2.45) is 0 Å². The molecule has 1 heterocycles. The molecule has 6 heteroatoms. The van der Waals surface area contributed by atoms with Gasteiger partial charge in [-0.2, -0.15) is 0 Å². The smallest absolute Gasteiger partial charge is 0.363 e. The van der Waals surface area contributed by atoms with E-state index in [1.165, 1.54) is 6.07 Å². The van der Waals surface area contributed by atoms with E-state index in [1.807, 2.05) is 0 Å². The molecule has 0 saturated heterocycles. The monoisotopic (exact) mass is 226 g/mol. The van der Waals surface area contributed by atoms with Crippen LogP contribution in [0.1, 0.15) is 0 Å². The number of para-hydroxylation sites is 1. The van der Waals surface area contributed by atoms with Crippen molar-refractivity contribution in [2.45, 2.75) is 0 Å². The van der Waals surface area contributed by atoms with Gasteiger partial charge in [-0.25, -0.2) is 0 Å². The molecule has 0 aliphatic rings. The second-order valence-electron chi connectivity index (χ2n) is 2.99. The number of benzene rings is 1. The second-order valence-corrected chi connectivity index (χ2v) is 4.56. The maximum Gasteiger partial charge on any atom is 0.363 e. The van der Waals surface area contributed by atoms with E-state index in [4.69, 9.17) is 14.2 Å². The van der Waals surface area contributed by atoms with E-state index in [1.54, 1.807) is 18.2 Å². The lowest BCUT2D eigenvalue weighted by Gasteiger charge is -2.02. The molecule has 0 bridgehead atoms. The molecule has 0 spiro atoms. The summed E-state index contributed by atoms with van der Waals surface area (Å²) in [5.74, 6) is 0. The summed E-state index contributed by atoms with van der Waals surface area (Å²) in [6.07, 6.45) is 0.811. The fourth-order valence-corrected chi connectivity index (χ4v) is 1.84. The van der Waals surface area contributed by atoms with Crippen molar-refractivity contribution in [3.8, 4) is 0 Å². The van der Waals surface area contributed by atoms with Crippen molar-refractivity contribution in [2.75, 3.05) is 0 Å². The van der Waals surface area contributed by atoms with Gasteiger partial charge in [-0.1, -0.05) is 12.1 Å². The first-order chi connectivity index (χ1) is 7.00. The highest BCUT2D eigenvalue weighted by molar-refractivity contribution is 7.60. The SMILES string of the molecule is O=c1c(P(=O)(O)O)coc2ccccc12. The van der Waals surface area contributed by atoms with Crippen molar-refractivity contribution in [1.29, 1.82) is 0 Å². The van der Waals surface area contributed by atoms with E-state index in [0.29, 0.717) is 5.58 Å². The third-order valence-electron chi connectivity index (χ3n) is 1.98. The van der Waals surface area contributed by atoms with Crippen molar-refractivity contribution >= 4 is 23.9 Å². The molecular weight excluding hydrogens is 219 g/mol. The van der Waals surface area contributed by atoms with Crippen molar-refractivity contribution in [1.82, 2.24) is 0 Å². The Morgan fingerprint density at radius 3 is 2.53 bits per heavy atom. The van der Waals surface area contributed by atoms with Crippen LogP contribution in [0, 0.1) is 0 Å². The van der Waals surface area contributed by atoms with Gasteiger partial charge in [0.2, 0.25) is 5.43 Å². The van der Waals surface area contributed by atoms with Gasteiger partial charge in [0.25, 0.3) is 0 Å². The van der Waals surface area contributed by atoms with Crippen LogP contribution in [-0.2, 0) is 4.57 Å². The molecule has 2 rings (SSSR count). The molecule has 0 aliphatic carbocycles. The number of rotatable bonds is 1. The van der Waals surface area contributed by atoms with Gasteiger partial charge in [-0.3, -0.25) is 9.36 Å². The van der Waals surface area contributed by atoms with Gasteiger partial charge in [-0.15, -0.1) is 0 Å². The average molecular weight is 226 g/mol. The zero-order valence-corrected chi connectivity index (χ0v) is 8.35. The summed E-state index contributed by atoms with van der Waals surface area (Å²) in [4.78, 5) is 29.4. The molecule has 2 aromatic rings. The minimum atomic E-state index is -4.57. The van der Waals surface area contributed by atoms with E-state index >= 15 is 0 Å². The third kappa shape index (κ3) is 1.72. The predicted molar refractivity (Wildman–Crippen MR) is 54.2 cm³/mol. The predicted octanol–water partition coefficient (Wildman–Crippen LogP) is 0.596. The Labute approximate surface area is 84.1 Å². The lowest BCUT2D eigenvalue weighted by Crippen LogP contribution is -2.24. The highest BCUT2D eigenvalue weighted by Crippen LogP contribution is 2.31. The Balaban J connectivity index is 2.89. The number of hydrogen-bond acceptors (Lipinski definition) is 3. The van der Waals surface area contributed by atoms with E-state index in [9.17, 15) is 9.36 Å². The molecule has 0 fully saturated rings. The molecule has 0 unspecified atom stereocenters. The Morgan fingerprint density at radius 1 is 1.20 bits per heavy atom. The molecule has 78 valence electrons. The quantitative estimate of drug-likeness (QED) is 0.695. The molecule has 0 amide bonds. The zero-order valence-electron chi connectivity index (χ0n) is 7.45. The van der Waals surface area contributed by atoms with Crippen molar-refractivity contribution in [3.05, 3.63) is 40.8 Å². The summed E-state index contributed by atoms with van der Waals surface area (Å²) in [5, 5.41) is -0.445. The minimum absolute atomic E-state index is 0.165. The lowest BCUT2D eigenvalue weighted by atomic mass is 10.2. The van der Waals surface area contributed by atoms with Crippen molar-refractivity contribution < 1.29 is 18.8 Å². The first-order valence-electron chi connectivity index (χ1n) is 4.07. The molecule has 2 N–H and O–H groups in total. The Kier molecular flexibility index (Phi) is 2.23. The van der Waals surface area contributed by atoms with Crippen LogP contribution in [0.2, 0.25) is 0 Å². The summed E-state index contributed by atoms with van der Waals surface area (Å²) < 4.78 is 15.9. The first kappa shape index (κ1) is 10.1. The van der Waals surface area contributed by atoms with Crippen LogP contribution < -0.4 is 10.7 Å². The largest absolute Gasteiger partial charge is 0.463 e. The van der Waals surface area contributed by atoms with Crippen LogP contribution in [0.15, 0.2) is 39.7 Å². The molecule has 1 aromatic carbocycles. The topological polar surface area (TPSA) is 87.7 Å². The van der Waals surface area contributed by atoms with E-state index in [-0.39, 0.29) is 5.39 Å². The first-order valence-corrected chi connectivity index (χ1v) is 5.68. The van der Waals surface area contributed by atoms with Gasteiger partial charge in [0, 0.05) is 0 Å². The number of hydrogen-bond donors (Lipinski definition) is 2. The highest BCUT2D eigenvalue weighted by Gasteiger charge is 2.23. The summed E-state index contributed by atoms with van der Waals surface area (Å²) in [6, 6.07) is 6.28. The van der Waals surface area contributed by atoms with Crippen LogP contribution in [0.4, 0.5) is 0 Å². The van der Waals surface area contributed by atoms with Gasteiger partial charge in [0.1, 0.15) is 17.2 Å². The molecule has 15 heavy (non-hydrogen) atoms. The van der Waals surface area contributed by atoms with Crippen LogP contribution in [-0.4, -0.2) is 9.79 Å². The van der Waals surface area contributed by atoms with Crippen LogP contribution >= 0.6 is 7.60 Å². The maximum atomic E-state index is 11.6. The molecule has 0 saturated carbocycles. The molecular formula is C9H7O5P. The van der Waals surface area contributed by atoms with Crippen LogP contribution in [0.3, 0.4) is 0 Å². The zero-order chi connectivity index (χ0) is 11.1. The van der Waals surface area contributed by atoms with Crippen molar-refractivity contribution in [3.63, 3.8) is 0 Å². The molecule has 0 radical (unpaired) electrons. The summed E-state index contributed by atoms with van der Waals surface area (Å²) >= 11 is 0. The summed E-state index contributed by atoms with van der Waals surface area (Å²) in [5.41, 5.74) is -0.384. The normalized spacial score (nSPS) is 11.9. The average Bonchev–Trinajstić information content (AvgIpc) is 2.16. The summed E-state index contributed by atoms with van der Waals surface area (Å²) in [7, 11) is -4.57. The van der Waals surface area contributed by atoms with Gasteiger partial charge < -0.3 is 14.2 Å². The van der Waals surface area contributed by atoms with E-state index in [2.05, 4.69) is 0 Å². The molecule has 0 atom stereocenters. The fourth-order valence-electron chi connectivity index (χ4n) is 1.27. The molecule has 1 aromatic heterocycles. The fraction of sp³-hybridized carbons (Fsp3) is 0. The number of fused-ring (bicyclic) bond motifs is 1. The maximum absolute atomic E-state index is 11.6. The van der Waals surface area contributed by atoms with E-state index < -0.39 is 18.3 Å². The molecule has 5 nitrogen and oxygen atoms in total. The Bertz CT molecular complexity index is 609. The van der Waals surface area contributed by atoms with Gasteiger partial charge in [0.15, 0.2) is 0 Å². The highest BCUT2D eigenvalue weighted by atomic mass is 31.2. The van der Waals surface area contributed by atoms with Gasteiger partial charge in [0.05, 0.1) is 5.39 Å². The minimum Gasteiger partial charge on any atom is -0.463 e. The van der Waals surface area contributed by atoms with Gasteiger partial charge >= 0.3 is 7.60 Å². The third-order valence-corrected chi connectivity index (χ3v) is 2.91. The summed E-state index contributed by atoms with van der Waals surface area (Å²) in [6.45, 7) is 0. The van der Waals surface area contributed by atoms with E-state index in [0.717, 1.165) is 6.26 Å². The van der Waals surface area contributed by atoms with Gasteiger partial charge in [-0.05, 0) is 12.1 Å². The van der Waals surface area contributed by atoms with Crippen LogP contribution in [0.5, 0.6) is 0 Å². The lowest BCUT2D eigenvalue weighted by molar-refractivity contribution is 0.386. The van der Waals surface area contributed by atoms with Crippen LogP contribution in [0.25, 0.3) is 11.0 Å². The Morgan fingerprint density at radius 2 is 1.87 bits per heavy atom.